The summed E-state index contributed by atoms with van der Waals surface area (Å²) in [5, 5.41) is 11.8. The number of nitrogens with one attached hydrogen (secondary N) is 2. The summed E-state index contributed by atoms with van der Waals surface area (Å²) in [7, 11) is 0. The molecule has 6 heteroatoms. The van der Waals surface area contributed by atoms with E-state index in [-0.39, 0.29) is 5.06 Å². The highest BCUT2D eigenvalue weighted by molar-refractivity contribution is 7.99. The van der Waals surface area contributed by atoms with Crippen LogP contribution in [0, 0.1) is 5.21 Å². The zero-order valence-corrected chi connectivity index (χ0v) is 11.4. The molecule has 100 valence electrons. The van der Waals surface area contributed by atoms with Crippen LogP contribution in [0.4, 0.5) is 0 Å². The summed E-state index contributed by atoms with van der Waals surface area (Å²) in [6.07, 6.45) is 3.50. The van der Waals surface area contributed by atoms with E-state index < -0.39 is 0 Å². The van der Waals surface area contributed by atoms with E-state index in [9.17, 15) is 5.21 Å². The minimum absolute atomic E-state index is 0.288. The number of aromatic amines is 1. The molecule has 5 nitrogen and oxygen atoms in total. The van der Waals surface area contributed by atoms with Crippen molar-refractivity contribution >= 4 is 22.8 Å². The zero-order chi connectivity index (χ0) is 13.5. The number of benzene rings is 1. The van der Waals surface area contributed by atoms with E-state index in [0.717, 1.165) is 28.0 Å². The molecule has 3 aromatic rings. The fourth-order valence-corrected chi connectivity index (χ4v) is 3.35. The monoisotopic (exact) mass is 284 g/mol. The van der Waals surface area contributed by atoms with Gasteiger partial charge in [0.2, 0.25) is 0 Å². The number of quaternary nitrogens is 1. The normalized spacial score (nSPS) is 18.1. The number of nitrogens with zero attached hydrogens (tertiary/aromatic N) is 2. The molecule has 0 fully saturated rings. The van der Waals surface area contributed by atoms with Gasteiger partial charge < -0.3 is 15.3 Å². The van der Waals surface area contributed by atoms with Crippen molar-refractivity contribution in [3.8, 4) is 11.4 Å². The molecule has 0 spiro atoms. The first-order valence-corrected chi connectivity index (χ1v) is 7.36. The molecule has 0 amide bonds. The van der Waals surface area contributed by atoms with E-state index in [1.54, 1.807) is 24.2 Å². The van der Waals surface area contributed by atoms with Crippen LogP contribution in [0.2, 0.25) is 0 Å². The van der Waals surface area contributed by atoms with Gasteiger partial charge in [0, 0.05) is 28.4 Å². The molecule has 0 aliphatic carbocycles. The molecule has 2 aromatic heterocycles. The number of H-pyrrole nitrogens is 1. The Morgan fingerprint density at radius 2 is 2.10 bits per heavy atom. The van der Waals surface area contributed by atoms with Gasteiger partial charge in [-0.15, -0.1) is 0 Å². The van der Waals surface area contributed by atoms with Crippen LogP contribution in [-0.4, -0.2) is 20.8 Å². The van der Waals surface area contributed by atoms with Crippen molar-refractivity contribution in [2.45, 2.75) is 11.4 Å². The Kier molecular flexibility index (Phi) is 2.73. The third-order valence-corrected chi connectivity index (χ3v) is 4.55. The largest absolute Gasteiger partial charge is 0.633 e. The molecule has 1 atom stereocenters. The fourth-order valence-electron chi connectivity index (χ4n) is 2.42. The Labute approximate surface area is 119 Å². The number of pyridine rings is 1. The second-order valence-corrected chi connectivity index (χ2v) is 5.82. The van der Waals surface area contributed by atoms with Crippen molar-refractivity contribution in [2.24, 2.45) is 0 Å². The van der Waals surface area contributed by atoms with Crippen molar-refractivity contribution in [2.75, 3.05) is 5.88 Å². The van der Waals surface area contributed by atoms with Crippen molar-refractivity contribution in [1.82, 2.24) is 15.0 Å². The van der Waals surface area contributed by atoms with Gasteiger partial charge in [0.15, 0.2) is 0 Å². The predicted octanol–water partition coefficient (Wildman–Crippen LogP) is 1.57. The Morgan fingerprint density at radius 1 is 1.25 bits per heavy atom. The lowest BCUT2D eigenvalue weighted by atomic mass is 10.2. The van der Waals surface area contributed by atoms with Gasteiger partial charge in [0.25, 0.3) is 0 Å². The topological polar surface area (TPSA) is 69.1 Å². The summed E-state index contributed by atoms with van der Waals surface area (Å²) in [4.78, 5) is 13.1. The maximum Gasteiger partial charge on any atom is 0.138 e. The molecular weight excluding hydrogens is 272 g/mol. The smallest absolute Gasteiger partial charge is 0.138 e. The van der Waals surface area contributed by atoms with Crippen LogP contribution < -0.4 is 5.06 Å². The molecular formula is C14H12N4OS. The van der Waals surface area contributed by atoms with Crippen molar-refractivity contribution in [3.05, 3.63) is 47.4 Å². The van der Waals surface area contributed by atoms with Gasteiger partial charge in [-0.05, 0) is 24.3 Å². The molecule has 1 unspecified atom stereocenters. The fraction of sp³-hybridized carbons (Fsp3) is 0.143. The van der Waals surface area contributed by atoms with E-state index in [2.05, 4.69) is 21.0 Å². The van der Waals surface area contributed by atoms with Gasteiger partial charge >= 0.3 is 0 Å². The average molecular weight is 284 g/mol. The first kappa shape index (κ1) is 11.9. The van der Waals surface area contributed by atoms with Crippen molar-refractivity contribution in [3.63, 3.8) is 0 Å². The van der Waals surface area contributed by atoms with Gasteiger partial charge in [-0.1, -0.05) is 11.8 Å². The van der Waals surface area contributed by atoms with Crippen LogP contribution in [0.25, 0.3) is 22.4 Å². The number of fused-ring (bicyclic) bond motifs is 2. The van der Waals surface area contributed by atoms with Gasteiger partial charge in [0.05, 0.1) is 11.0 Å². The van der Waals surface area contributed by atoms with Gasteiger partial charge in [-0.25, -0.2) is 4.98 Å². The number of thioether (sulfide) groups is 1. The SMILES string of the molecule is [O-][NH+]1CSc2cc3nc(-c4ccncc4)[nH]c3cc2C1. The van der Waals surface area contributed by atoms with Crippen LogP contribution >= 0.6 is 11.8 Å². The summed E-state index contributed by atoms with van der Waals surface area (Å²) in [6, 6.07) is 7.97. The van der Waals surface area contributed by atoms with Crippen LogP contribution in [0.1, 0.15) is 5.56 Å². The lowest BCUT2D eigenvalue weighted by Gasteiger charge is -2.27. The molecule has 0 radical (unpaired) electrons. The van der Waals surface area contributed by atoms with Crippen LogP contribution in [-0.2, 0) is 6.54 Å². The molecule has 0 saturated heterocycles. The second kappa shape index (κ2) is 4.59. The Bertz CT molecular complexity index is 771. The van der Waals surface area contributed by atoms with Gasteiger partial charge in [-0.3, -0.25) is 4.98 Å². The lowest BCUT2D eigenvalue weighted by molar-refractivity contribution is -0.849. The minimum Gasteiger partial charge on any atom is -0.633 e. The molecule has 3 heterocycles. The van der Waals surface area contributed by atoms with E-state index in [1.807, 2.05) is 18.2 Å². The summed E-state index contributed by atoms with van der Waals surface area (Å²) in [5.74, 6) is 1.40. The number of hydrogen-bond acceptors (Lipinski definition) is 4. The highest BCUT2D eigenvalue weighted by atomic mass is 32.2. The Balaban J connectivity index is 1.84. The first-order chi connectivity index (χ1) is 9.79. The number of imidazole rings is 1. The molecule has 0 saturated carbocycles. The molecule has 20 heavy (non-hydrogen) atoms. The predicted molar refractivity (Wildman–Crippen MR) is 78.1 cm³/mol. The average Bonchev–Trinajstić information content (AvgIpc) is 2.88. The van der Waals surface area contributed by atoms with E-state index in [1.165, 1.54) is 4.90 Å². The quantitative estimate of drug-likeness (QED) is 0.666. The van der Waals surface area contributed by atoms with E-state index in [0.29, 0.717) is 12.4 Å². The zero-order valence-electron chi connectivity index (χ0n) is 10.6. The first-order valence-electron chi connectivity index (χ1n) is 6.37. The van der Waals surface area contributed by atoms with E-state index in [4.69, 9.17) is 0 Å². The van der Waals surface area contributed by atoms with Crippen molar-refractivity contribution in [1.29, 1.82) is 0 Å². The second-order valence-electron chi connectivity index (χ2n) is 4.80. The number of hydroxylamine groups is 2. The summed E-state index contributed by atoms with van der Waals surface area (Å²) < 4.78 is 0. The maximum absolute atomic E-state index is 11.5. The Morgan fingerprint density at radius 3 is 2.95 bits per heavy atom. The van der Waals surface area contributed by atoms with Crippen LogP contribution in [0.5, 0.6) is 0 Å². The van der Waals surface area contributed by atoms with Gasteiger partial charge in [0.1, 0.15) is 18.2 Å². The molecule has 1 aliphatic heterocycles. The summed E-state index contributed by atoms with van der Waals surface area (Å²) in [5.41, 5.74) is 4.03. The van der Waals surface area contributed by atoms with Gasteiger partial charge in [-0.2, -0.15) is 0 Å². The van der Waals surface area contributed by atoms with Crippen LogP contribution in [0.3, 0.4) is 0 Å². The molecule has 1 aromatic carbocycles. The molecule has 4 rings (SSSR count). The standard InChI is InChI=1S/C14H12N4OS/c19-18-7-10-5-11-12(6-13(10)20-8-18)17-14(16-11)9-1-3-15-4-2-9/h1-6,18H,7-8H2,(H,16,17). The van der Waals surface area contributed by atoms with Crippen molar-refractivity contribution < 1.29 is 5.06 Å². The molecule has 2 N–H and O–H groups in total. The summed E-state index contributed by atoms with van der Waals surface area (Å²) >= 11 is 1.60. The third-order valence-electron chi connectivity index (χ3n) is 3.39. The maximum atomic E-state index is 11.5. The molecule has 0 bridgehead atoms. The summed E-state index contributed by atoms with van der Waals surface area (Å²) in [6.45, 7) is 0.530. The minimum atomic E-state index is 0.288. The number of rotatable bonds is 1. The molecule has 1 aliphatic rings. The lowest BCUT2D eigenvalue weighted by Crippen LogP contribution is -3.05. The highest BCUT2D eigenvalue weighted by Crippen LogP contribution is 2.29. The third kappa shape index (κ3) is 1.98. The van der Waals surface area contributed by atoms with Crippen LogP contribution in [0.15, 0.2) is 41.6 Å². The van der Waals surface area contributed by atoms with E-state index >= 15 is 0 Å². The highest BCUT2D eigenvalue weighted by Gasteiger charge is 2.17. The number of hydrogen-bond donors (Lipinski definition) is 2. The Hall–Kier alpha value is -1.89. The number of aromatic nitrogens is 3.